The molecule has 0 atom stereocenters. The molecule has 5 nitrogen and oxygen atoms in total. The Hall–Kier alpha value is -3.78. The molecule has 4 rings (SSSR count). The molecule has 1 N–H and O–H groups in total. The first kappa shape index (κ1) is 16.7. The summed E-state index contributed by atoms with van der Waals surface area (Å²) in [6.45, 7) is 0.974. The number of nitriles is 1. The molecule has 0 saturated carbocycles. The van der Waals surface area contributed by atoms with Crippen LogP contribution in [0.2, 0.25) is 0 Å². The summed E-state index contributed by atoms with van der Waals surface area (Å²) in [5.41, 5.74) is 1.37. The first-order valence-corrected chi connectivity index (χ1v) is 8.54. The van der Waals surface area contributed by atoms with E-state index in [1.54, 1.807) is 24.3 Å². The van der Waals surface area contributed by atoms with Crippen molar-refractivity contribution < 1.29 is 14.3 Å². The summed E-state index contributed by atoms with van der Waals surface area (Å²) in [6.07, 6.45) is 1.58. The van der Waals surface area contributed by atoms with Crippen molar-refractivity contribution in [2.45, 2.75) is 0 Å². The molecule has 0 aliphatic carbocycles. The smallest absolute Gasteiger partial charge is 0.266 e. The van der Waals surface area contributed by atoms with Gasteiger partial charge in [-0.05, 0) is 40.6 Å². The number of anilines is 1. The number of rotatable bonds is 3. The van der Waals surface area contributed by atoms with Gasteiger partial charge >= 0.3 is 0 Å². The van der Waals surface area contributed by atoms with Crippen LogP contribution in [0.25, 0.3) is 16.8 Å². The second-order valence-electron chi connectivity index (χ2n) is 6.09. The van der Waals surface area contributed by atoms with Crippen LogP contribution in [-0.4, -0.2) is 19.1 Å². The summed E-state index contributed by atoms with van der Waals surface area (Å²) in [5, 5.41) is 14.3. The van der Waals surface area contributed by atoms with Crippen molar-refractivity contribution in [3.05, 3.63) is 71.8 Å². The maximum absolute atomic E-state index is 12.5. The number of benzene rings is 3. The third-order valence-electron chi connectivity index (χ3n) is 4.25. The fourth-order valence-electron chi connectivity index (χ4n) is 2.93. The highest BCUT2D eigenvalue weighted by molar-refractivity contribution is 6.10. The van der Waals surface area contributed by atoms with E-state index in [1.807, 2.05) is 48.5 Å². The lowest BCUT2D eigenvalue weighted by atomic mass is 10.0. The normalized spacial score (nSPS) is 13.1. The van der Waals surface area contributed by atoms with E-state index in [-0.39, 0.29) is 5.57 Å². The van der Waals surface area contributed by atoms with E-state index in [0.29, 0.717) is 30.4 Å². The zero-order valence-corrected chi connectivity index (χ0v) is 14.4. The summed E-state index contributed by atoms with van der Waals surface area (Å²) in [4.78, 5) is 12.5. The maximum atomic E-state index is 12.5. The molecule has 3 aromatic carbocycles. The van der Waals surface area contributed by atoms with Crippen LogP contribution in [0.3, 0.4) is 0 Å². The van der Waals surface area contributed by atoms with Gasteiger partial charge in [0.1, 0.15) is 24.9 Å². The third-order valence-corrected chi connectivity index (χ3v) is 4.25. The van der Waals surface area contributed by atoms with Crippen LogP contribution in [0.4, 0.5) is 5.69 Å². The molecule has 1 heterocycles. The molecule has 0 spiro atoms. The number of ether oxygens (including phenoxy) is 2. The Morgan fingerprint density at radius 3 is 2.56 bits per heavy atom. The van der Waals surface area contributed by atoms with Crippen molar-refractivity contribution in [2.24, 2.45) is 0 Å². The van der Waals surface area contributed by atoms with Crippen molar-refractivity contribution in [1.29, 1.82) is 5.26 Å². The number of carbonyl (C=O) groups excluding carboxylic acids is 1. The minimum absolute atomic E-state index is 0.0279. The molecule has 0 aromatic heterocycles. The Balaban J connectivity index is 1.57. The highest BCUT2D eigenvalue weighted by Crippen LogP contribution is 2.32. The lowest BCUT2D eigenvalue weighted by molar-refractivity contribution is -0.112. The number of nitrogens with one attached hydrogen (secondary N) is 1. The van der Waals surface area contributed by atoms with Crippen LogP contribution < -0.4 is 14.8 Å². The second-order valence-corrected chi connectivity index (χ2v) is 6.09. The standard InChI is InChI=1S/C22H16N2O3/c23-14-18(12-15-5-6-16-3-1-2-4-17(16)11-15)22(25)24-19-7-8-20-21(13-19)27-10-9-26-20/h1-8,11-13H,9-10H2,(H,24,25)/b18-12-. The molecule has 0 unspecified atom stereocenters. The molecular weight excluding hydrogens is 340 g/mol. The summed E-state index contributed by atoms with van der Waals surface area (Å²) in [6, 6.07) is 20.9. The van der Waals surface area contributed by atoms with E-state index in [1.165, 1.54) is 0 Å². The summed E-state index contributed by atoms with van der Waals surface area (Å²) in [7, 11) is 0. The largest absolute Gasteiger partial charge is 0.486 e. The highest BCUT2D eigenvalue weighted by Gasteiger charge is 2.14. The Kier molecular flexibility index (Phi) is 4.46. The van der Waals surface area contributed by atoms with Crippen LogP contribution in [0.1, 0.15) is 5.56 Å². The zero-order chi connectivity index (χ0) is 18.6. The summed E-state index contributed by atoms with van der Waals surface area (Å²) < 4.78 is 11.0. The van der Waals surface area contributed by atoms with Gasteiger partial charge in [-0.3, -0.25) is 4.79 Å². The molecule has 132 valence electrons. The van der Waals surface area contributed by atoms with Crippen molar-refractivity contribution in [2.75, 3.05) is 18.5 Å². The molecule has 0 saturated heterocycles. The van der Waals surface area contributed by atoms with Gasteiger partial charge in [-0.2, -0.15) is 5.26 Å². The predicted molar refractivity (Wildman–Crippen MR) is 104 cm³/mol. The molecule has 1 amide bonds. The predicted octanol–water partition coefficient (Wildman–Crippen LogP) is 4.16. The van der Waals surface area contributed by atoms with Gasteiger partial charge in [0.15, 0.2) is 11.5 Å². The highest BCUT2D eigenvalue weighted by atomic mass is 16.6. The number of nitrogens with zero attached hydrogens (tertiary/aromatic N) is 1. The Morgan fingerprint density at radius 1 is 0.963 bits per heavy atom. The van der Waals surface area contributed by atoms with Crippen molar-refractivity contribution in [3.63, 3.8) is 0 Å². The first-order chi connectivity index (χ1) is 13.2. The summed E-state index contributed by atoms with van der Waals surface area (Å²) in [5.74, 6) is 0.755. The molecule has 3 aromatic rings. The second kappa shape index (κ2) is 7.22. The fraction of sp³-hybridized carbons (Fsp3) is 0.0909. The fourth-order valence-corrected chi connectivity index (χ4v) is 2.93. The van der Waals surface area contributed by atoms with Crippen LogP contribution in [0.5, 0.6) is 11.5 Å². The number of amides is 1. The minimum Gasteiger partial charge on any atom is -0.486 e. The maximum Gasteiger partial charge on any atom is 0.266 e. The molecule has 1 aliphatic rings. The average molecular weight is 356 g/mol. The molecule has 27 heavy (non-hydrogen) atoms. The van der Waals surface area contributed by atoms with E-state index in [0.717, 1.165) is 16.3 Å². The van der Waals surface area contributed by atoms with Gasteiger partial charge in [-0.15, -0.1) is 0 Å². The van der Waals surface area contributed by atoms with Gasteiger partial charge < -0.3 is 14.8 Å². The van der Waals surface area contributed by atoms with Crippen molar-refractivity contribution >= 4 is 28.4 Å². The Labute approximate surface area is 156 Å². The number of hydrogen-bond donors (Lipinski definition) is 1. The lowest BCUT2D eigenvalue weighted by Crippen LogP contribution is -2.17. The van der Waals surface area contributed by atoms with E-state index >= 15 is 0 Å². The van der Waals surface area contributed by atoms with Crippen LogP contribution in [-0.2, 0) is 4.79 Å². The molecule has 5 heteroatoms. The number of carbonyl (C=O) groups is 1. The quantitative estimate of drug-likeness (QED) is 0.565. The van der Waals surface area contributed by atoms with E-state index in [4.69, 9.17) is 9.47 Å². The van der Waals surface area contributed by atoms with E-state index < -0.39 is 5.91 Å². The van der Waals surface area contributed by atoms with Crippen LogP contribution in [0.15, 0.2) is 66.2 Å². The van der Waals surface area contributed by atoms with Gasteiger partial charge in [0.2, 0.25) is 0 Å². The average Bonchev–Trinajstić information content (AvgIpc) is 2.71. The Bertz CT molecular complexity index is 1100. The first-order valence-electron chi connectivity index (χ1n) is 8.54. The minimum atomic E-state index is -0.470. The zero-order valence-electron chi connectivity index (χ0n) is 14.4. The summed E-state index contributed by atoms with van der Waals surface area (Å²) >= 11 is 0. The van der Waals surface area contributed by atoms with Crippen LogP contribution in [0, 0.1) is 11.3 Å². The number of fused-ring (bicyclic) bond motifs is 2. The SMILES string of the molecule is N#C/C(=C/c1ccc2ccccc2c1)C(=O)Nc1ccc2c(c1)OCCO2. The van der Waals surface area contributed by atoms with Gasteiger partial charge in [0, 0.05) is 11.8 Å². The van der Waals surface area contributed by atoms with E-state index in [9.17, 15) is 10.1 Å². The van der Waals surface area contributed by atoms with E-state index in [2.05, 4.69) is 5.32 Å². The van der Waals surface area contributed by atoms with Gasteiger partial charge in [0.05, 0.1) is 0 Å². The number of hydrogen-bond acceptors (Lipinski definition) is 4. The molecule has 0 radical (unpaired) electrons. The molecule has 1 aliphatic heterocycles. The van der Waals surface area contributed by atoms with Crippen molar-refractivity contribution in [3.8, 4) is 17.6 Å². The molecular formula is C22H16N2O3. The monoisotopic (exact) mass is 356 g/mol. The topological polar surface area (TPSA) is 71.4 Å². The van der Waals surface area contributed by atoms with Crippen molar-refractivity contribution in [1.82, 2.24) is 0 Å². The van der Waals surface area contributed by atoms with Crippen LogP contribution >= 0.6 is 0 Å². The third kappa shape index (κ3) is 3.60. The lowest BCUT2D eigenvalue weighted by Gasteiger charge is -2.18. The molecule has 0 bridgehead atoms. The van der Waals surface area contributed by atoms with Gasteiger partial charge in [-0.25, -0.2) is 0 Å². The van der Waals surface area contributed by atoms with Gasteiger partial charge in [-0.1, -0.05) is 36.4 Å². The Morgan fingerprint density at radius 2 is 1.74 bits per heavy atom. The molecule has 0 fully saturated rings. The van der Waals surface area contributed by atoms with Gasteiger partial charge in [0.25, 0.3) is 5.91 Å².